The Labute approximate surface area is 135 Å². The molecule has 0 fully saturated rings. The highest BCUT2D eigenvalue weighted by Crippen LogP contribution is 2.36. The molecule has 2 aromatic carbocycles. The summed E-state index contributed by atoms with van der Waals surface area (Å²) in [7, 11) is 1.62. The largest absolute Gasteiger partial charge is 0.496 e. The monoisotopic (exact) mass is 313 g/mol. The lowest BCUT2D eigenvalue weighted by atomic mass is 10.0. The highest BCUT2D eigenvalue weighted by atomic mass is 32.2. The lowest BCUT2D eigenvalue weighted by Gasteiger charge is -2.26. The maximum Gasteiger partial charge on any atom is 0.251 e. The molecule has 0 unspecified atom stereocenters. The first-order chi connectivity index (χ1) is 10.7. The fourth-order valence-electron chi connectivity index (χ4n) is 2.69. The smallest absolute Gasteiger partial charge is 0.251 e. The number of carbonyl (C=O) groups excluding carboxylic acids is 1. The van der Waals surface area contributed by atoms with Crippen LogP contribution in [0.3, 0.4) is 0 Å². The quantitative estimate of drug-likeness (QED) is 0.932. The Balaban J connectivity index is 1.81. The molecule has 1 aliphatic rings. The van der Waals surface area contributed by atoms with Crippen molar-refractivity contribution in [2.75, 3.05) is 12.9 Å². The van der Waals surface area contributed by atoms with Gasteiger partial charge in [-0.05, 0) is 42.7 Å². The molecule has 1 aliphatic heterocycles. The molecular weight excluding hydrogens is 294 g/mol. The second-order valence-corrected chi connectivity index (χ2v) is 6.52. The number of benzene rings is 2. The van der Waals surface area contributed by atoms with Gasteiger partial charge in [0.15, 0.2) is 0 Å². The molecule has 2 aromatic rings. The molecule has 3 nitrogen and oxygen atoms in total. The summed E-state index contributed by atoms with van der Waals surface area (Å²) in [5, 5.41) is 3.15. The van der Waals surface area contributed by atoms with Crippen molar-refractivity contribution in [2.24, 2.45) is 0 Å². The van der Waals surface area contributed by atoms with Crippen LogP contribution in [-0.2, 0) is 0 Å². The van der Waals surface area contributed by atoms with E-state index in [1.165, 1.54) is 10.5 Å². The third kappa shape index (κ3) is 2.97. The summed E-state index contributed by atoms with van der Waals surface area (Å²) in [5.74, 6) is 1.72. The van der Waals surface area contributed by atoms with Crippen molar-refractivity contribution in [3.05, 3.63) is 59.2 Å². The number of hydrogen-bond donors (Lipinski definition) is 1. The topological polar surface area (TPSA) is 38.3 Å². The summed E-state index contributed by atoms with van der Waals surface area (Å²) in [6, 6.07) is 13.9. The summed E-state index contributed by atoms with van der Waals surface area (Å²) in [5.41, 5.74) is 2.88. The third-order valence-electron chi connectivity index (χ3n) is 3.93. The van der Waals surface area contributed by atoms with E-state index < -0.39 is 0 Å². The molecule has 0 spiro atoms. The van der Waals surface area contributed by atoms with E-state index >= 15 is 0 Å². The minimum Gasteiger partial charge on any atom is -0.496 e. The molecule has 1 N–H and O–H groups in total. The van der Waals surface area contributed by atoms with E-state index in [0.29, 0.717) is 5.56 Å². The van der Waals surface area contributed by atoms with Gasteiger partial charge in [0.2, 0.25) is 0 Å². The van der Waals surface area contributed by atoms with E-state index in [2.05, 4.69) is 17.4 Å². The van der Waals surface area contributed by atoms with Gasteiger partial charge in [-0.3, -0.25) is 4.79 Å². The highest BCUT2D eigenvalue weighted by molar-refractivity contribution is 7.99. The van der Waals surface area contributed by atoms with Crippen LogP contribution >= 0.6 is 11.8 Å². The number of aryl methyl sites for hydroxylation is 1. The van der Waals surface area contributed by atoms with Crippen molar-refractivity contribution in [3.63, 3.8) is 0 Å². The van der Waals surface area contributed by atoms with Crippen LogP contribution in [0.2, 0.25) is 0 Å². The molecule has 22 heavy (non-hydrogen) atoms. The number of methoxy groups -OCH3 is 1. The molecule has 114 valence electrons. The van der Waals surface area contributed by atoms with Gasteiger partial charge < -0.3 is 10.1 Å². The third-order valence-corrected chi connectivity index (χ3v) is 5.06. The number of nitrogens with one attached hydrogen (secondary N) is 1. The SMILES string of the molecule is COc1cc(C(=O)N[C@@H]2CCSc3ccccc32)ccc1C. The van der Waals surface area contributed by atoms with E-state index in [1.54, 1.807) is 13.2 Å². The van der Waals surface area contributed by atoms with E-state index in [1.807, 2.05) is 43.0 Å². The minimum absolute atomic E-state index is 0.0509. The normalized spacial score (nSPS) is 16.7. The van der Waals surface area contributed by atoms with Crippen LogP contribution < -0.4 is 10.1 Å². The lowest BCUT2D eigenvalue weighted by Crippen LogP contribution is -2.30. The Kier molecular flexibility index (Phi) is 4.39. The van der Waals surface area contributed by atoms with Crippen molar-refractivity contribution < 1.29 is 9.53 Å². The van der Waals surface area contributed by atoms with Gasteiger partial charge in [0.25, 0.3) is 5.91 Å². The number of carbonyl (C=O) groups is 1. The zero-order chi connectivity index (χ0) is 15.5. The summed E-state index contributed by atoms with van der Waals surface area (Å²) in [6.07, 6.45) is 0.955. The maximum atomic E-state index is 12.5. The lowest BCUT2D eigenvalue weighted by molar-refractivity contribution is 0.0934. The molecule has 0 radical (unpaired) electrons. The number of thioether (sulfide) groups is 1. The Morgan fingerprint density at radius 1 is 1.27 bits per heavy atom. The first-order valence-corrected chi connectivity index (χ1v) is 8.35. The number of hydrogen-bond acceptors (Lipinski definition) is 3. The molecule has 0 saturated heterocycles. The van der Waals surface area contributed by atoms with Gasteiger partial charge in [-0.25, -0.2) is 0 Å². The van der Waals surface area contributed by atoms with Crippen LogP contribution in [0.25, 0.3) is 0 Å². The Hall–Kier alpha value is -1.94. The zero-order valence-corrected chi connectivity index (χ0v) is 13.6. The minimum atomic E-state index is -0.0509. The second kappa shape index (κ2) is 6.44. The van der Waals surface area contributed by atoms with E-state index in [0.717, 1.165) is 23.5 Å². The number of ether oxygens (including phenoxy) is 1. The first-order valence-electron chi connectivity index (χ1n) is 7.36. The Morgan fingerprint density at radius 2 is 2.09 bits per heavy atom. The Morgan fingerprint density at radius 3 is 2.91 bits per heavy atom. The average molecular weight is 313 g/mol. The fraction of sp³-hybridized carbons (Fsp3) is 0.278. The number of fused-ring (bicyclic) bond motifs is 1. The molecule has 3 rings (SSSR count). The molecule has 1 heterocycles. The van der Waals surface area contributed by atoms with Gasteiger partial charge in [0.05, 0.1) is 13.2 Å². The number of rotatable bonds is 3. The van der Waals surface area contributed by atoms with Crippen LogP contribution in [-0.4, -0.2) is 18.8 Å². The van der Waals surface area contributed by atoms with Gasteiger partial charge in [-0.15, -0.1) is 11.8 Å². The average Bonchev–Trinajstić information content (AvgIpc) is 2.55. The molecule has 0 bridgehead atoms. The summed E-state index contributed by atoms with van der Waals surface area (Å²) in [6.45, 7) is 1.97. The molecule has 0 saturated carbocycles. The number of amides is 1. The standard InChI is InChI=1S/C18H19NO2S/c1-12-7-8-13(11-16(12)21-2)18(20)19-15-9-10-22-17-6-4-3-5-14(15)17/h3-8,11,15H,9-10H2,1-2H3,(H,19,20)/t15-/m1/s1. The van der Waals surface area contributed by atoms with Gasteiger partial charge in [0, 0.05) is 16.2 Å². The van der Waals surface area contributed by atoms with Crippen molar-refractivity contribution in [3.8, 4) is 5.75 Å². The van der Waals surface area contributed by atoms with E-state index in [-0.39, 0.29) is 11.9 Å². The van der Waals surface area contributed by atoms with Crippen molar-refractivity contribution in [1.29, 1.82) is 0 Å². The molecule has 1 atom stereocenters. The van der Waals surface area contributed by atoms with Gasteiger partial charge in [-0.1, -0.05) is 24.3 Å². The van der Waals surface area contributed by atoms with Crippen LogP contribution in [0.1, 0.15) is 33.9 Å². The van der Waals surface area contributed by atoms with Crippen molar-refractivity contribution >= 4 is 17.7 Å². The fourth-order valence-corrected chi connectivity index (χ4v) is 3.82. The zero-order valence-electron chi connectivity index (χ0n) is 12.8. The molecule has 4 heteroatoms. The predicted octanol–water partition coefficient (Wildman–Crippen LogP) is 3.97. The first kappa shape index (κ1) is 15.0. The predicted molar refractivity (Wildman–Crippen MR) is 89.7 cm³/mol. The van der Waals surface area contributed by atoms with Crippen molar-refractivity contribution in [2.45, 2.75) is 24.3 Å². The molecule has 0 aliphatic carbocycles. The van der Waals surface area contributed by atoms with Crippen LogP contribution in [0.15, 0.2) is 47.4 Å². The van der Waals surface area contributed by atoms with Crippen LogP contribution in [0.4, 0.5) is 0 Å². The summed E-state index contributed by atoms with van der Waals surface area (Å²) < 4.78 is 5.30. The molecular formula is C18H19NO2S. The summed E-state index contributed by atoms with van der Waals surface area (Å²) in [4.78, 5) is 13.8. The van der Waals surface area contributed by atoms with Gasteiger partial charge in [0.1, 0.15) is 5.75 Å². The van der Waals surface area contributed by atoms with Gasteiger partial charge in [-0.2, -0.15) is 0 Å². The highest BCUT2D eigenvalue weighted by Gasteiger charge is 2.22. The van der Waals surface area contributed by atoms with E-state index in [4.69, 9.17) is 4.74 Å². The van der Waals surface area contributed by atoms with Crippen LogP contribution in [0.5, 0.6) is 5.75 Å². The summed E-state index contributed by atoms with van der Waals surface area (Å²) >= 11 is 1.85. The Bertz CT molecular complexity index is 699. The molecule has 0 aromatic heterocycles. The molecule has 1 amide bonds. The second-order valence-electron chi connectivity index (χ2n) is 5.39. The van der Waals surface area contributed by atoms with Crippen LogP contribution in [0, 0.1) is 6.92 Å². The maximum absolute atomic E-state index is 12.5. The van der Waals surface area contributed by atoms with Gasteiger partial charge >= 0.3 is 0 Å². The van der Waals surface area contributed by atoms with E-state index in [9.17, 15) is 4.79 Å². The van der Waals surface area contributed by atoms with Crippen molar-refractivity contribution in [1.82, 2.24) is 5.32 Å².